The minimum atomic E-state index is -0.415. The van der Waals surface area contributed by atoms with E-state index in [1.54, 1.807) is 0 Å². The second kappa shape index (κ2) is 7.39. The molecular weight excluding hydrogens is 340 g/mol. The standard InChI is InChI=1S/C23H22O4/c1-2-19(15-7-4-3-5-8-15)23(25)26-14-18-13-22(24)27-21-12-17-10-6-9-16(17)11-20(18)21/h3-5,7-8,11-13,19H,2,6,9-10,14H2,1H3/t19-/m1/s1. The third kappa shape index (κ3) is 3.52. The Bertz CT molecular complexity index is 1030. The topological polar surface area (TPSA) is 56.5 Å². The highest BCUT2D eigenvalue weighted by atomic mass is 16.5. The summed E-state index contributed by atoms with van der Waals surface area (Å²) in [6, 6.07) is 15.1. The summed E-state index contributed by atoms with van der Waals surface area (Å²) in [5.74, 6) is -0.576. The fraction of sp³-hybridized carbons (Fsp3) is 0.304. The Morgan fingerprint density at radius 1 is 1.11 bits per heavy atom. The van der Waals surface area contributed by atoms with Gasteiger partial charge < -0.3 is 9.15 Å². The first-order valence-corrected chi connectivity index (χ1v) is 9.46. The molecule has 27 heavy (non-hydrogen) atoms. The minimum absolute atomic E-state index is 0.0725. The van der Waals surface area contributed by atoms with Gasteiger partial charge in [-0.15, -0.1) is 0 Å². The van der Waals surface area contributed by atoms with Crippen LogP contribution >= 0.6 is 0 Å². The van der Waals surface area contributed by atoms with Crippen LogP contribution in [0.1, 0.15) is 47.9 Å². The van der Waals surface area contributed by atoms with Gasteiger partial charge in [0.15, 0.2) is 0 Å². The fourth-order valence-electron chi connectivity index (χ4n) is 3.89. The summed E-state index contributed by atoms with van der Waals surface area (Å²) in [5.41, 5.74) is 4.34. The van der Waals surface area contributed by atoms with Crippen molar-refractivity contribution in [3.05, 3.63) is 81.2 Å². The minimum Gasteiger partial charge on any atom is -0.460 e. The normalized spacial score (nSPS) is 14.1. The average Bonchev–Trinajstić information content (AvgIpc) is 3.13. The number of esters is 1. The zero-order valence-corrected chi connectivity index (χ0v) is 15.4. The maximum Gasteiger partial charge on any atom is 0.336 e. The van der Waals surface area contributed by atoms with E-state index in [-0.39, 0.29) is 18.5 Å². The summed E-state index contributed by atoms with van der Waals surface area (Å²) in [4.78, 5) is 24.6. The van der Waals surface area contributed by atoms with Gasteiger partial charge >= 0.3 is 11.6 Å². The highest BCUT2D eigenvalue weighted by Crippen LogP contribution is 2.29. The van der Waals surface area contributed by atoms with Crippen LogP contribution < -0.4 is 5.63 Å². The van der Waals surface area contributed by atoms with Crippen molar-refractivity contribution >= 4 is 16.9 Å². The molecule has 0 radical (unpaired) electrons. The first-order chi connectivity index (χ1) is 13.2. The van der Waals surface area contributed by atoms with E-state index in [1.807, 2.05) is 43.3 Å². The number of hydrogen-bond donors (Lipinski definition) is 0. The lowest BCUT2D eigenvalue weighted by Gasteiger charge is -2.15. The van der Waals surface area contributed by atoms with Gasteiger partial charge in [0.05, 0.1) is 5.92 Å². The zero-order chi connectivity index (χ0) is 18.8. The molecule has 0 bridgehead atoms. The second-order valence-corrected chi connectivity index (χ2v) is 7.04. The third-order valence-electron chi connectivity index (χ3n) is 5.31. The molecule has 0 saturated heterocycles. The first-order valence-electron chi connectivity index (χ1n) is 9.46. The number of hydrogen-bond acceptors (Lipinski definition) is 4. The van der Waals surface area contributed by atoms with Crippen molar-refractivity contribution in [2.45, 2.75) is 45.1 Å². The van der Waals surface area contributed by atoms with E-state index in [0.717, 1.165) is 30.2 Å². The molecule has 3 aromatic rings. The second-order valence-electron chi connectivity index (χ2n) is 7.04. The summed E-state index contributed by atoms with van der Waals surface area (Å²) in [6.45, 7) is 2.04. The van der Waals surface area contributed by atoms with Crippen LogP contribution in [0.25, 0.3) is 11.0 Å². The van der Waals surface area contributed by atoms with Crippen LogP contribution in [0.2, 0.25) is 0 Å². The van der Waals surface area contributed by atoms with E-state index in [2.05, 4.69) is 6.07 Å². The van der Waals surface area contributed by atoms with Gasteiger partial charge in [-0.1, -0.05) is 37.3 Å². The molecule has 4 heteroatoms. The molecule has 0 amide bonds. The van der Waals surface area contributed by atoms with Gasteiger partial charge in [0, 0.05) is 17.0 Å². The summed E-state index contributed by atoms with van der Waals surface area (Å²) in [5, 5.41) is 0.857. The van der Waals surface area contributed by atoms with Crippen LogP contribution in [0.3, 0.4) is 0 Å². The quantitative estimate of drug-likeness (QED) is 0.495. The monoisotopic (exact) mass is 362 g/mol. The molecule has 1 aliphatic carbocycles. The van der Waals surface area contributed by atoms with E-state index < -0.39 is 5.63 Å². The summed E-state index contributed by atoms with van der Waals surface area (Å²) in [7, 11) is 0. The molecule has 1 aromatic heterocycles. The van der Waals surface area contributed by atoms with Crippen molar-refractivity contribution in [2.24, 2.45) is 0 Å². The Labute approximate surface area is 157 Å². The van der Waals surface area contributed by atoms with E-state index in [4.69, 9.17) is 9.15 Å². The van der Waals surface area contributed by atoms with Gasteiger partial charge in [0.1, 0.15) is 12.2 Å². The highest BCUT2D eigenvalue weighted by molar-refractivity contribution is 5.83. The van der Waals surface area contributed by atoms with Crippen LogP contribution in [0.5, 0.6) is 0 Å². The maximum atomic E-state index is 12.6. The Morgan fingerprint density at radius 3 is 2.59 bits per heavy atom. The van der Waals surface area contributed by atoms with Crippen LogP contribution in [-0.2, 0) is 29.0 Å². The average molecular weight is 362 g/mol. The molecule has 0 saturated carbocycles. The molecule has 0 unspecified atom stereocenters. The largest absolute Gasteiger partial charge is 0.460 e. The van der Waals surface area contributed by atoms with Crippen molar-refractivity contribution in [3.8, 4) is 0 Å². The van der Waals surface area contributed by atoms with E-state index in [0.29, 0.717) is 17.6 Å². The lowest BCUT2D eigenvalue weighted by molar-refractivity contribution is -0.146. The van der Waals surface area contributed by atoms with E-state index >= 15 is 0 Å². The summed E-state index contributed by atoms with van der Waals surface area (Å²) >= 11 is 0. The summed E-state index contributed by atoms with van der Waals surface area (Å²) in [6.07, 6.45) is 3.84. The van der Waals surface area contributed by atoms with Crippen molar-refractivity contribution in [1.29, 1.82) is 0 Å². The number of aryl methyl sites for hydroxylation is 2. The predicted molar refractivity (Wildman–Crippen MR) is 104 cm³/mol. The van der Waals surface area contributed by atoms with Gasteiger partial charge in [-0.2, -0.15) is 0 Å². The molecule has 138 valence electrons. The number of carbonyl (C=O) groups is 1. The Morgan fingerprint density at radius 2 is 1.85 bits per heavy atom. The lowest BCUT2D eigenvalue weighted by atomic mass is 9.97. The molecule has 1 heterocycles. The van der Waals surface area contributed by atoms with Gasteiger partial charge in [-0.3, -0.25) is 4.79 Å². The molecule has 1 atom stereocenters. The Hall–Kier alpha value is -2.88. The van der Waals surface area contributed by atoms with Crippen molar-refractivity contribution < 1.29 is 13.9 Å². The molecule has 0 aliphatic heterocycles. The van der Waals surface area contributed by atoms with Crippen molar-refractivity contribution in [3.63, 3.8) is 0 Å². The highest BCUT2D eigenvalue weighted by Gasteiger charge is 2.21. The Kier molecular flexibility index (Phi) is 4.80. The predicted octanol–water partition coefficient (Wildman–Crippen LogP) is 4.52. The molecule has 1 aliphatic rings. The third-order valence-corrected chi connectivity index (χ3v) is 5.31. The molecule has 2 aromatic carbocycles. The zero-order valence-electron chi connectivity index (χ0n) is 15.4. The molecule has 0 spiro atoms. The smallest absolute Gasteiger partial charge is 0.336 e. The SMILES string of the molecule is CC[C@@H](C(=O)OCc1cc(=O)oc2cc3c(cc12)CCC3)c1ccccc1. The number of rotatable bonds is 5. The van der Waals surface area contributed by atoms with Crippen LogP contribution in [-0.4, -0.2) is 5.97 Å². The van der Waals surface area contributed by atoms with Gasteiger partial charge in [-0.05, 0) is 54.5 Å². The van der Waals surface area contributed by atoms with Gasteiger partial charge in [-0.25, -0.2) is 4.79 Å². The molecule has 0 fully saturated rings. The molecule has 0 N–H and O–H groups in total. The van der Waals surface area contributed by atoms with E-state index in [1.165, 1.54) is 17.2 Å². The van der Waals surface area contributed by atoms with Crippen molar-refractivity contribution in [1.82, 2.24) is 0 Å². The number of ether oxygens (including phenoxy) is 1. The number of benzene rings is 2. The summed E-state index contributed by atoms with van der Waals surface area (Å²) < 4.78 is 11.0. The van der Waals surface area contributed by atoms with Gasteiger partial charge in [0.25, 0.3) is 0 Å². The number of carbonyl (C=O) groups excluding carboxylic acids is 1. The van der Waals surface area contributed by atoms with Crippen LogP contribution in [0, 0.1) is 0 Å². The molecule has 4 nitrogen and oxygen atoms in total. The maximum absolute atomic E-state index is 12.6. The van der Waals surface area contributed by atoms with Crippen LogP contribution in [0.4, 0.5) is 0 Å². The lowest BCUT2D eigenvalue weighted by Crippen LogP contribution is -2.16. The first kappa shape index (κ1) is 17.5. The molecule has 4 rings (SSSR count). The van der Waals surface area contributed by atoms with Crippen molar-refractivity contribution in [2.75, 3.05) is 0 Å². The Balaban J connectivity index is 1.60. The molecular formula is C23H22O4. The fourth-order valence-corrected chi connectivity index (χ4v) is 3.89. The van der Waals surface area contributed by atoms with E-state index in [9.17, 15) is 9.59 Å². The number of fused-ring (bicyclic) bond motifs is 2. The van der Waals surface area contributed by atoms with Gasteiger partial charge in [0.2, 0.25) is 0 Å². The van der Waals surface area contributed by atoms with Crippen LogP contribution in [0.15, 0.2) is 57.7 Å².